The number of phosphoric ester groups is 2. The molecule has 0 aromatic heterocycles. The Balaban J connectivity index is 1.97. The lowest BCUT2D eigenvalue weighted by Gasteiger charge is -2.24. The maximum atomic E-state index is 12.2. The topological polar surface area (TPSA) is 222 Å². The van der Waals surface area contributed by atoms with Gasteiger partial charge in [0.2, 0.25) is 5.91 Å². The molecule has 206 valence electrons. The number of phosphoric acid groups is 3. The van der Waals surface area contributed by atoms with Crippen LogP contribution in [0.1, 0.15) is 51.9 Å². The summed E-state index contributed by atoms with van der Waals surface area (Å²) in [6.45, 7) is 1.46. The SMILES string of the molecule is CCC(=O)NCCC(N)O[C@@H]1C[C@H](C2CCCC2)OC1COP(=O)(O)OP(=O)(O)OP(=O)(O)OC. The predicted octanol–water partition coefficient (Wildman–Crippen LogP) is 1.92. The fourth-order valence-corrected chi connectivity index (χ4v) is 7.21. The summed E-state index contributed by atoms with van der Waals surface area (Å²) >= 11 is 0. The Kier molecular flexibility index (Phi) is 12.0. The van der Waals surface area contributed by atoms with Gasteiger partial charge in [0.05, 0.1) is 18.8 Å². The Hall–Kier alpha value is -0.240. The average Bonchev–Trinajstić information content (AvgIpc) is 3.40. The molecule has 0 bridgehead atoms. The van der Waals surface area contributed by atoms with Crippen molar-refractivity contribution in [1.29, 1.82) is 0 Å². The predicted molar refractivity (Wildman–Crippen MR) is 121 cm³/mol. The molecule has 0 spiro atoms. The summed E-state index contributed by atoms with van der Waals surface area (Å²) in [5.41, 5.74) is 6.03. The molecule has 1 amide bonds. The molecule has 18 heteroatoms. The van der Waals surface area contributed by atoms with Crippen LogP contribution in [0.2, 0.25) is 0 Å². The van der Waals surface area contributed by atoms with E-state index in [1.807, 2.05) is 0 Å². The van der Waals surface area contributed by atoms with E-state index in [1.165, 1.54) is 0 Å². The minimum absolute atomic E-state index is 0.124. The number of nitrogens with one attached hydrogen (secondary N) is 1. The molecule has 1 aliphatic carbocycles. The maximum Gasteiger partial charge on any atom is 0.490 e. The molecule has 6 N–H and O–H groups in total. The molecule has 1 saturated carbocycles. The summed E-state index contributed by atoms with van der Waals surface area (Å²) in [5.74, 6) is 0.156. The van der Waals surface area contributed by atoms with E-state index in [4.69, 9.17) is 24.6 Å². The number of carbonyl (C=O) groups is 1. The monoisotopic (exact) mass is 568 g/mol. The van der Waals surface area contributed by atoms with E-state index in [2.05, 4.69) is 18.5 Å². The zero-order valence-electron chi connectivity index (χ0n) is 19.6. The number of rotatable bonds is 15. The fraction of sp³-hybridized carbons (Fsp3) is 0.941. The van der Waals surface area contributed by atoms with Crippen LogP contribution >= 0.6 is 23.5 Å². The second-order valence-electron chi connectivity index (χ2n) is 8.25. The van der Waals surface area contributed by atoms with Gasteiger partial charge in [-0.25, -0.2) is 13.7 Å². The molecule has 7 atom stereocenters. The molecule has 35 heavy (non-hydrogen) atoms. The molecule has 2 rings (SSSR count). The van der Waals surface area contributed by atoms with Crippen LogP contribution in [0.15, 0.2) is 0 Å². The molecule has 5 unspecified atom stereocenters. The smallest absolute Gasteiger partial charge is 0.369 e. The highest BCUT2D eigenvalue weighted by molar-refractivity contribution is 7.66. The first-order valence-corrected chi connectivity index (χ1v) is 15.7. The van der Waals surface area contributed by atoms with Crippen molar-refractivity contribution in [2.75, 3.05) is 20.3 Å². The quantitative estimate of drug-likeness (QED) is 0.141. The van der Waals surface area contributed by atoms with E-state index in [9.17, 15) is 28.3 Å². The highest BCUT2D eigenvalue weighted by atomic mass is 31.3. The van der Waals surface area contributed by atoms with Gasteiger partial charge in [0, 0.05) is 32.9 Å². The lowest BCUT2D eigenvalue weighted by Crippen LogP contribution is -2.38. The summed E-state index contributed by atoms with van der Waals surface area (Å²) in [7, 11) is -15.0. The molecular formula is C17H35N2O13P3. The number of hydrogen-bond acceptors (Lipinski definition) is 11. The van der Waals surface area contributed by atoms with Crippen molar-refractivity contribution in [1.82, 2.24) is 5.32 Å². The van der Waals surface area contributed by atoms with Crippen molar-refractivity contribution < 1.29 is 60.3 Å². The lowest BCUT2D eigenvalue weighted by atomic mass is 9.97. The van der Waals surface area contributed by atoms with Gasteiger partial charge < -0.3 is 35.2 Å². The number of carbonyl (C=O) groups excluding carboxylic acids is 1. The third-order valence-corrected chi connectivity index (χ3v) is 9.86. The summed E-state index contributed by atoms with van der Waals surface area (Å²) in [6.07, 6.45) is 2.73. The van der Waals surface area contributed by atoms with E-state index < -0.39 is 48.5 Å². The van der Waals surface area contributed by atoms with Gasteiger partial charge in [0.15, 0.2) is 0 Å². The van der Waals surface area contributed by atoms with Crippen molar-refractivity contribution >= 4 is 29.4 Å². The van der Waals surface area contributed by atoms with Crippen molar-refractivity contribution in [2.24, 2.45) is 11.7 Å². The van der Waals surface area contributed by atoms with Gasteiger partial charge in [-0.05, 0) is 18.8 Å². The van der Waals surface area contributed by atoms with Crippen molar-refractivity contribution in [3.8, 4) is 0 Å². The first kappa shape index (κ1) is 31.0. The number of amides is 1. The molecule has 2 aliphatic rings. The first-order valence-electron chi connectivity index (χ1n) is 11.2. The van der Waals surface area contributed by atoms with Crippen LogP contribution in [0.5, 0.6) is 0 Å². The van der Waals surface area contributed by atoms with Gasteiger partial charge in [-0.2, -0.15) is 8.62 Å². The van der Waals surface area contributed by atoms with E-state index >= 15 is 0 Å². The largest absolute Gasteiger partial charge is 0.490 e. The molecule has 0 radical (unpaired) electrons. The van der Waals surface area contributed by atoms with Crippen LogP contribution in [0.25, 0.3) is 0 Å². The van der Waals surface area contributed by atoms with E-state index in [0.29, 0.717) is 25.8 Å². The van der Waals surface area contributed by atoms with Crippen LogP contribution in [0, 0.1) is 5.92 Å². The Morgan fingerprint density at radius 3 is 2.34 bits per heavy atom. The van der Waals surface area contributed by atoms with Crippen molar-refractivity contribution in [3.05, 3.63) is 0 Å². The number of nitrogens with two attached hydrogens (primary N) is 1. The normalized spacial score (nSPS) is 29.3. The lowest BCUT2D eigenvalue weighted by molar-refractivity contribution is -0.121. The highest BCUT2D eigenvalue weighted by Crippen LogP contribution is 2.67. The first-order chi connectivity index (χ1) is 16.3. The molecular weight excluding hydrogens is 533 g/mol. The fourth-order valence-electron chi connectivity index (χ4n) is 3.94. The maximum absolute atomic E-state index is 12.2. The molecule has 1 heterocycles. The summed E-state index contributed by atoms with van der Waals surface area (Å²) in [5, 5.41) is 2.69. The van der Waals surface area contributed by atoms with Crippen LogP contribution in [0.4, 0.5) is 0 Å². The number of ether oxygens (including phenoxy) is 2. The second kappa shape index (κ2) is 13.5. The summed E-state index contributed by atoms with van der Waals surface area (Å²) in [4.78, 5) is 39.8. The summed E-state index contributed by atoms with van der Waals surface area (Å²) < 4.78 is 63.9. The van der Waals surface area contributed by atoms with E-state index in [0.717, 1.165) is 32.8 Å². The highest BCUT2D eigenvalue weighted by Gasteiger charge is 2.45. The molecule has 2 fully saturated rings. The minimum atomic E-state index is -5.51. The van der Waals surface area contributed by atoms with Crippen LogP contribution in [-0.4, -0.2) is 65.4 Å². The number of hydrogen-bond donors (Lipinski definition) is 5. The van der Waals surface area contributed by atoms with Crippen LogP contribution in [-0.2, 0) is 45.6 Å². The van der Waals surface area contributed by atoms with Gasteiger partial charge in [-0.3, -0.25) is 13.8 Å². The van der Waals surface area contributed by atoms with Gasteiger partial charge in [0.1, 0.15) is 12.3 Å². The zero-order chi connectivity index (χ0) is 26.3. The average molecular weight is 568 g/mol. The van der Waals surface area contributed by atoms with Gasteiger partial charge in [-0.15, -0.1) is 0 Å². The Bertz CT molecular complexity index is 840. The molecule has 1 aliphatic heterocycles. The van der Waals surface area contributed by atoms with E-state index in [1.54, 1.807) is 6.92 Å². The Morgan fingerprint density at radius 1 is 1.11 bits per heavy atom. The van der Waals surface area contributed by atoms with Gasteiger partial charge in [0.25, 0.3) is 0 Å². The second-order valence-corrected chi connectivity index (χ2v) is 13.0. The molecule has 15 nitrogen and oxygen atoms in total. The van der Waals surface area contributed by atoms with Gasteiger partial charge >= 0.3 is 23.5 Å². The third kappa shape index (κ3) is 11.0. The summed E-state index contributed by atoms with van der Waals surface area (Å²) in [6, 6.07) is 0. The third-order valence-electron chi connectivity index (χ3n) is 5.62. The van der Waals surface area contributed by atoms with Gasteiger partial charge in [-0.1, -0.05) is 19.8 Å². The van der Waals surface area contributed by atoms with Crippen LogP contribution in [0.3, 0.4) is 0 Å². The van der Waals surface area contributed by atoms with Crippen molar-refractivity contribution in [2.45, 2.75) is 76.4 Å². The Morgan fingerprint density at radius 2 is 1.74 bits per heavy atom. The zero-order valence-corrected chi connectivity index (χ0v) is 22.3. The minimum Gasteiger partial charge on any atom is -0.369 e. The standard InChI is InChI=1S/C17H35N2O13P3/c1-3-17(20)19-9-8-16(18)30-14-10-13(12-6-4-5-7-12)29-15(14)11-28-34(23,24)32-35(25,26)31-33(21,22)27-2/h12-16H,3-11,18H2,1-2H3,(H,19,20)(H,21,22)(H,23,24)(H,25,26)/t13-,14-,15?,16?/m1/s1. The molecule has 0 aromatic carbocycles. The molecule has 0 aromatic rings. The molecule has 1 saturated heterocycles. The Labute approximate surface area is 203 Å². The van der Waals surface area contributed by atoms with E-state index in [-0.39, 0.29) is 17.9 Å². The van der Waals surface area contributed by atoms with Crippen molar-refractivity contribution in [3.63, 3.8) is 0 Å². The van der Waals surface area contributed by atoms with Crippen LogP contribution < -0.4 is 11.1 Å².